The molecule has 92 valence electrons. The summed E-state index contributed by atoms with van der Waals surface area (Å²) in [5.41, 5.74) is 2.38. The molecule has 1 aromatic rings. The molecule has 4 heteroatoms. The van der Waals surface area contributed by atoms with Crippen molar-refractivity contribution in [1.29, 1.82) is 0 Å². The van der Waals surface area contributed by atoms with E-state index in [1.54, 1.807) is 0 Å². The average Bonchev–Trinajstić information content (AvgIpc) is 2.27. The Bertz CT molecular complexity index is 459. The van der Waals surface area contributed by atoms with Gasteiger partial charge in [0.15, 0.2) is 0 Å². The zero-order valence-corrected chi connectivity index (χ0v) is 9.96. The van der Waals surface area contributed by atoms with Gasteiger partial charge in [-0.2, -0.15) is 0 Å². The van der Waals surface area contributed by atoms with Gasteiger partial charge < -0.3 is 5.11 Å². The normalized spacial score (nSPS) is 23.2. The van der Waals surface area contributed by atoms with Crippen molar-refractivity contribution in [3.63, 3.8) is 0 Å². The van der Waals surface area contributed by atoms with E-state index in [9.17, 15) is 14.3 Å². The van der Waals surface area contributed by atoms with E-state index in [1.807, 2.05) is 13.8 Å². The molecule has 0 radical (unpaired) electrons. The minimum atomic E-state index is -0.950. The van der Waals surface area contributed by atoms with Crippen LogP contribution in [0, 0.1) is 12.7 Å². The SMILES string of the molecule is CCC1Cc2c(C)cc(F)cc2C(C(=O)O)N1. The van der Waals surface area contributed by atoms with Gasteiger partial charge in [0, 0.05) is 6.04 Å². The number of rotatable bonds is 2. The molecule has 0 saturated carbocycles. The van der Waals surface area contributed by atoms with E-state index in [1.165, 1.54) is 12.1 Å². The zero-order chi connectivity index (χ0) is 12.6. The summed E-state index contributed by atoms with van der Waals surface area (Å²) in [5.74, 6) is -1.32. The van der Waals surface area contributed by atoms with Crippen LogP contribution in [0.3, 0.4) is 0 Å². The Hall–Kier alpha value is -1.42. The Kier molecular flexibility index (Phi) is 3.15. The molecule has 1 heterocycles. The minimum absolute atomic E-state index is 0.146. The molecule has 0 spiro atoms. The topological polar surface area (TPSA) is 49.3 Å². The first-order valence-corrected chi connectivity index (χ1v) is 5.80. The quantitative estimate of drug-likeness (QED) is 0.829. The molecule has 1 aliphatic heterocycles. The van der Waals surface area contributed by atoms with Crippen LogP contribution in [0.2, 0.25) is 0 Å². The van der Waals surface area contributed by atoms with Gasteiger partial charge in [-0.05, 0) is 48.6 Å². The van der Waals surface area contributed by atoms with Crippen molar-refractivity contribution in [3.8, 4) is 0 Å². The zero-order valence-electron chi connectivity index (χ0n) is 9.96. The number of aryl methyl sites for hydroxylation is 1. The maximum absolute atomic E-state index is 13.4. The van der Waals surface area contributed by atoms with Crippen LogP contribution in [0.5, 0.6) is 0 Å². The third-order valence-corrected chi connectivity index (χ3v) is 3.38. The summed E-state index contributed by atoms with van der Waals surface area (Å²) in [6.07, 6.45) is 1.63. The van der Waals surface area contributed by atoms with E-state index in [2.05, 4.69) is 5.32 Å². The van der Waals surface area contributed by atoms with Crippen molar-refractivity contribution >= 4 is 5.97 Å². The Morgan fingerprint density at radius 3 is 2.88 bits per heavy atom. The highest BCUT2D eigenvalue weighted by Crippen LogP contribution is 2.29. The van der Waals surface area contributed by atoms with Crippen LogP contribution in [0.4, 0.5) is 4.39 Å². The fourth-order valence-corrected chi connectivity index (χ4v) is 2.43. The van der Waals surface area contributed by atoms with Gasteiger partial charge in [-0.15, -0.1) is 0 Å². The van der Waals surface area contributed by atoms with Gasteiger partial charge in [0.1, 0.15) is 11.9 Å². The van der Waals surface area contributed by atoms with Crippen LogP contribution in [0.15, 0.2) is 12.1 Å². The van der Waals surface area contributed by atoms with Crippen LogP contribution < -0.4 is 5.32 Å². The summed E-state index contributed by atoms with van der Waals surface area (Å²) >= 11 is 0. The number of carboxylic acids is 1. The highest BCUT2D eigenvalue weighted by atomic mass is 19.1. The molecule has 2 N–H and O–H groups in total. The van der Waals surface area contributed by atoms with Crippen molar-refractivity contribution in [2.24, 2.45) is 0 Å². The number of carboxylic acid groups (broad SMARTS) is 1. The second-order valence-corrected chi connectivity index (χ2v) is 4.54. The Morgan fingerprint density at radius 1 is 1.59 bits per heavy atom. The van der Waals surface area contributed by atoms with Crippen molar-refractivity contribution in [3.05, 3.63) is 34.6 Å². The molecule has 0 amide bonds. The number of hydrogen-bond donors (Lipinski definition) is 2. The monoisotopic (exact) mass is 237 g/mol. The summed E-state index contributed by atoms with van der Waals surface area (Å²) in [7, 11) is 0. The summed E-state index contributed by atoms with van der Waals surface area (Å²) in [6.45, 7) is 3.85. The number of aliphatic carboxylic acids is 1. The Balaban J connectivity index is 2.52. The molecule has 2 rings (SSSR count). The molecule has 0 saturated heterocycles. The first-order valence-electron chi connectivity index (χ1n) is 5.80. The van der Waals surface area contributed by atoms with Crippen molar-refractivity contribution in [1.82, 2.24) is 5.32 Å². The minimum Gasteiger partial charge on any atom is -0.480 e. The molecule has 2 unspecified atom stereocenters. The summed E-state index contributed by atoms with van der Waals surface area (Å²) in [6, 6.07) is 2.15. The summed E-state index contributed by atoms with van der Waals surface area (Å²) in [4.78, 5) is 11.2. The van der Waals surface area contributed by atoms with E-state index in [-0.39, 0.29) is 11.9 Å². The molecule has 1 aliphatic rings. The van der Waals surface area contributed by atoms with E-state index >= 15 is 0 Å². The van der Waals surface area contributed by atoms with Gasteiger partial charge in [-0.25, -0.2) is 4.39 Å². The second-order valence-electron chi connectivity index (χ2n) is 4.54. The summed E-state index contributed by atoms with van der Waals surface area (Å²) in [5, 5.41) is 12.2. The molecule has 0 aromatic heterocycles. The lowest BCUT2D eigenvalue weighted by molar-refractivity contribution is -0.140. The van der Waals surface area contributed by atoms with E-state index < -0.39 is 12.0 Å². The third kappa shape index (κ3) is 2.17. The fourth-order valence-electron chi connectivity index (χ4n) is 2.43. The molecular formula is C13H16FNO2. The number of benzene rings is 1. The first kappa shape index (κ1) is 12.0. The predicted octanol–water partition coefficient (Wildman–Crippen LogP) is 2.18. The lowest BCUT2D eigenvalue weighted by atomic mass is 9.86. The number of halogens is 1. The second kappa shape index (κ2) is 4.45. The highest BCUT2D eigenvalue weighted by molar-refractivity contribution is 5.77. The Morgan fingerprint density at radius 2 is 2.29 bits per heavy atom. The van der Waals surface area contributed by atoms with Gasteiger partial charge in [0.05, 0.1) is 0 Å². The third-order valence-electron chi connectivity index (χ3n) is 3.38. The van der Waals surface area contributed by atoms with Gasteiger partial charge >= 0.3 is 5.97 Å². The van der Waals surface area contributed by atoms with Gasteiger partial charge in [-0.3, -0.25) is 10.1 Å². The van der Waals surface area contributed by atoms with E-state index in [0.29, 0.717) is 5.56 Å². The summed E-state index contributed by atoms with van der Waals surface area (Å²) < 4.78 is 13.4. The lowest BCUT2D eigenvalue weighted by Gasteiger charge is -2.31. The van der Waals surface area contributed by atoms with Crippen LogP contribution in [0.25, 0.3) is 0 Å². The molecule has 2 atom stereocenters. The molecular weight excluding hydrogens is 221 g/mol. The maximum atomic E-state index is 13.4. The number of hydrogen-bond acceptors (Lipinski definition) is 2. The van der Waals surface area contributed by atoms with Crippen LogP contribution in [0.1, 0.15) is 36.1 Å². The average molecular weight is 237 g/mol. The van der Waals surface area contributed by atoms with E-state index in [4.69, 9.17) is 0 Å². The van der Waals surface area contributed by atoms with Gasteiger partial charge in [0.2, 0.25) is 0 Å². The molecule has 1 aromatic carbocycles. The van der Waals surface area contributed by atoms with Crippen LogP contribution in [-0.2, 0) is 11.2 Å². The van der Waals surface area contributed by atoms with Crippen LogP contribution in [-0.4, -0.2) is 17.1 Å². The largest absolute Gasteiger partial charge is 0.480 e. The molecule has 17 heavy (non-hydrogen) atoms. The first-order chi connectivity index (χ1) is 8.02. The lowest BCUT2D eigenvalue weighted by Crippen LogP contribution is -2.42. The number of nitrogens with one attached hydrogen (secondary N) is 1. The standard InChI is InChI=1S/C13H16FNO2/c1-3-9-6-10-7(2)4-8(14)5-11(10)12(15-9)13(16)17/h4-5,9,12,15H,3,6H2,1-2H3,(H,16,17). The van der Waals surface area contributed by atoms with Crippen molar-refractivity contribution in [2.75, 3.05) is 0 Å². The van der Waals surface area contributed by atoms with E-state index in [0.717, 1.165) is 24.0 Å². The highest BCUT2D eigenvalue weighted by Gasteiger charge is 2.31. The molecule has 0 aliphatic carbocycles. The predicted molar refractivity (Wildman–Crippen MR) is 62.4 cm³/mol. The Labute approximate surface area is 99.7 Å². The van der Waals surface area contributed by atoms with Crippen molar-refractivity contribution in [2.45, 2.75) is 38.8 Å². The maximum Gasteiger partial charge on any atom is 0.325 e. The van der Waals surface area contributed by atoms with Gasteiger partial charge in [0.25, 0.3) is 0 Å². The number of carbonyl (C=O) groups is 1. The fraction of sp³-hybridized carbons (Fsp3) is 0.462. The molecule has 0 fully saturated rings. The van der Waals surface area contributed by atoms with Crippen LogP contribution >= 0.6 is 0 Å². The smallest absolute Gasteiger partial charge is 0.325 e. The van der Waals surface area contributed by atoms with Crippen molar-refractivity contribution < 1.29 is 14.3 Å². The van der Waals surface area contributed by atoms with Gasteiger partial charge in [-0.1, -0.05) is 6.92 Å². The molecule has 0 bridgehead atoms. The molecule has 3 nitrogen and oxygen atoms in total. The number of fused-ring (bicyclic) bond motifs is 1.